The number of nitrogens with zero attached hydrogens (tertiary/aromatic N) is 2. The van der Waals surface area contributed by atoms with Gasteiger partial charge >= 0.3 is 0 Å². The van der Waals surface area contributed by atoms with Crippen molar-refractivity contribution < 1.29 is 9.90 Å². The molecule has 3 N–H and O–H groups in total. The van der Waals surface area contributed by atoms with E-state index < -0.39 is 0 Å². The van der Waals surface area contributed by atoms with Crippen LogP contribution >= 0.6 is 0 Å². The van der Waals surface area contributed by atoms with E-state index in [1.165, 1.54) is 17.2 Å². The zero-order valence-corrected chi connectivity index (χ0v) is 7.55. The van der Waals surface area contributed by atoms with Gasteiger partial charge in [-0.1, -0.05) is 0 Å². The number of carbonyl (C=O) groups excluding carboxylic acids is 1. The Morgan fingerprint density at radius 2 is 2.43 bits per heavy atom. The smallest absolute Gasteiger partial charge is 0.229 e. The summed E-state index contributed by atoms with van der Waals surface area (Å²) in [5.74, 6) is 0.215. The molecule has 0 radical (unpaired) electrons. The molecule has 0 aromatic carbocycles. The van der Waals surface area contributed by atoms with Crippen LogP contribution < -0.4 is 10.6 Å². The second-order valence-corrected chi connectivity index (χ2v) is 3.31. The quantitative estimate of drug-likeness (QED) is 0.650. The first-order chi connectivity index (χ1) is 6.68. The van der Waals surface area contributed by atoms with Crippen molar-refractivity contribution in [1.82, 2.24) is 4.98 Å². The average molecular weight is 193 g/mol. The lowest BCUT2D eigenvalue weighted by Gasteiger charge is -2.15. The molecule has 74 valence electrons. The van der Waals surface area contributed by atoms with Crippen molar-refractivity contribution in [1.29, 1.82) is 0 Å². The van der Waals surface area contributed by atoms with E-state index in [1.54, 1.807) is 6.07 Å². The third kappa shape index (κ3) is 1.42. The molecule has 14 heavy (non-hydrogen) atoms. The lowest BCUT2D eigenvalue weighted by atomic mass is 10.3. The largest absolute Gasteiger partial charge is 0.504 e. The molecule has 0 spiro atoms. The van der Waals surface area contributed by atoms with Gasteiger partial charge in [0.2, 0.25) is 5.91 Å². The number of aromatic hydroxyl groups is 1. The summed E-state index contributed by atoms with van der Waals surface area (Å²) in [6.45, 7) is 0.420. The second-order valence-electron chi connectivity index (χ2n) is 3.31. The molecule has 0 aliphatic carbocycles. The van der Waals surface area contributed by atoms with Crippen molar-refractivity contribution in [2.75, 3.05) is 11.4 Å². The van der Waals surface area contributed by atoms with Gasteiger partial charge in [-0.2, -0.15) is 0 Å². The van der Waals surface area contributed by atoms with Crippen molar-refractivity contribution in [3.05, 3.63) is 18.3 Å². The van der Waals surface area contributed by atoms with Gasteiger partial charge in [-0.05, 0) is 12.1 Å². The summed E-state index contributed by atoms with van der Waals surface area (Å²) in [5, 5.41) is 9.48. The Balaban J connectivity index is 2.32. The maximum atomic E-state index is 11.4. The van der Waals surface area contributed by atoms with Gasteiger partial charge in [0.1, 0.15) is 0 Å². The fourth-order valence-corrected chi connectivity index (χ4v) is 1.54. The molecule has 0 bridgehead atoms. The summed E-state index contributed by atoms with van der Waals surface area (Å²) in [4.78, 5) is 16.8. The van der Waals surface area contributed by atoms with Crippen LogP contribution in [-0.4, -0.2) is 28.6 Å². The lowest BCUT2D eigenvalue weighted by Crippen LogP contribution is -2.28. The van der Waals surface area contributed by atoms with Gasteiger partial charge in [0.25, 0.3) is 0 Å². The number of carbonyl (C=O) groups is 1. The Morgan fingerprint density at radius 1 is 1.64 bits per heavy atom. The Hall–Kier alpha value is -1.62. The number of hydrogen-bond donors (Lipinski definition) is 2. The molecule has 1 aliphatic rings. The van der Waals surface area contributed by atoms with Crippen LogP contribution in [0.1, 0.15) is 6.42 Å². The Morgan fingerprint density at radius 3 is 3.00 bits per heavy atom. The molecule has 2 heterocycles. The van der Waals surface area contributed by atoms with Crippen LogP contribution in [0.3, 0.4) is 0 Å². The van der Waals surface area contributed by atoms with E-state index in [2.05, 4.69) is 4.98 Å². The van der Waals surface area contributed by atoms with E-state index in [9.17, 15) is 9.90 Å². The van der Waals surface area contributed by atoms with Gasteiger partial charge in [0, 0.05) is 25.2 Å². The minimum atomic E-state index is -0.163. The van der Waals surface area contributed by atoms with Crippen LogP contribution in [0.25, 0.3) is 0 Å². The molecule has 1 saturated heterocycles. The number of pyridine rings is 1. The monoisotopic (exact) mass is 193 g/mol. The topological polar surface area (TPSA) is 79.5 Å². The van der Waals surface area contributed by atoms with E-state index in [0.717, 1.165) is 0 Å². The number of nitrogens with two attached hydrogens (primary N) is 1. The zero-order chi connectivity index (χ0) is 10.1. The van der Waals surface area contributed by atoms with E-state index >= 15 is 0 Å². The highest BCUT2D eigenvalue weighted by atomic mass is 16.3. The van der Waals surface area contributed by atoms with Gasteiger partial charge in [-0.15, -0.1) is 0 Å². The third-order valence-corrected chi connectivity index (χ3v) is 2.18. The molecule has 1 aliphatic heterocycles. The molecule has 1 atom stereocenters. The molecule has 1 amide bonds. The number of aromatic nitrogens is 1. The van der Waals surface area contributed by atoms with Crippen molar-refractivity contribution in [3.63, 3.8) is 0 Å². The average Bonchev–Trinajstić information content (AvgIpc) is 2.46. The number of rotatable bonds is 1. The van der Waals surface area contributed by atoms with E-state index in [-0.39, 0.29) is 17.7 Å². The van der Waals surface area contributed by atoms with Crippen LogP contribution in [0.4, 0.5) is 5.82 Å². The van der Waals surface area contributed by atoms with Crippen molar-refractivity contribution in [3.8, 4) is 5.75 Å². The number of anilines is 1. The fourth-order valence-electron chi connectivity index (χ4n) is 1.54. The SMILES string of the molecule is NC1CC(=O)N(c2ncccc2O)C1. The summed E-state index contributed by atoms with van der Waals surface area (Å²) in [6.07, 6.45) is 1.85. The third-order valence-electron chi connectivity index (χ3n) is 2.18. The van der Waals surface area contributed by atoms with Crippen molar-refractivity contribution in [2.45, 2.75) is 12.5 Å². The van der Waals surface area contributed by atoms with Crippen LogP contribution in [0.15, 0.2) is 18.3 Å². The standard InChI is InChI=1S/C9H11N3O2/c10-6-4-8(14)12(5-6)9-7(13)2-1-3-11-9/h1-3,6,13H,4-5,10H2. The first-order valence-corrected chi connectivity index (χ1v) is 4.38. The summed E-state index contributed by atoms with van der Waals surface area (Å²) < 4.78 is 0. The van der Waals surface area contributed by atoms with E-state index in [1.807, 2.05) is 0 Å². The van der Waals surface area contributed by atoms with Crippen LogP contribution in [0.2, 0.25) is 0 Å². The van der Waals surface area contributed by atoms with Crippen LogP contribution in [0, 0.1) is 0 Å². The minimum Gasteiger partial charge on any atom is -0.504 e. The molecule has 1 aromatic heterocycles. The van der Waals surface area contributed by atoms with Crippen LogP contribution in [0.5, 0.6) is 5.75 Å². The lowest BCUT2D eigenvalue weighted by molar-refractivity contribution is -0.117. The molecule has 0 saturated carbocycles. The predicted molar refractivity (Wildman–Crippen MR) is 50.8 cm³/mol. The zero-order valence-electron chi connectivity index (χ0n) is 7.55. The molecule has 5 nitrogen and oxygen atoms in total. The van der Waals surface area contributed by atoms with Gasteiger partial charge in [0.05, 0.1) is 0 Å². The summed E-state index contributed by atoms with van der Waals surface area (Å²) in [7, 11) is 0. The molecular weight excluding hydrogens is 182 g/mol. The molecule has 1 unspecified atom stereocenters. The highest BCUT2D eigenvalue weighted by molar-refractivity contribution is 5.96. The molecular formula is C9H11N3O2. The minimum absolute atomic E-state index is 0.00921. The van der Waals surface area contributed by atoms with E-state index in [4.69, 9.17) is 5.73 Å². The second kappa shape index (κ2) is 3.26. The van der Waals surface area contributed by atoms with Crippen LogP contribution in [-0.2, 0) is 4.79 Å². The number of amides is 1. The fraction of sp³-hybridized carbons (Fsp3) is 0.333. The number of hydrogen-bond acceptors (Lipinski definition) is 4. The predicted octanol–water partition coefficient (Wildman–Crippen LogP) is -0.149. The first kappa shape index (κ1) is 8.96. The highest BCUT2D eigenvalue weighted by Gasteiger charge is 2.30. The Kier molecular flexibility index (Phi) is 2.09. The summed E-state index contributed by atoms with van der Waals surface area (Å²) in [5.41, 5.74) is 5.63. The summed E-state index contributed by atoms with van der Waals surface area (Å²) >= 11 is 0. The van der Waals surface area contributed by atoms with Gasteiger partial charge < -0.3 is 10.8 Å². The molecule has 1 fully saturated rings. The molecule has 1 aromatic rings. The molecule has 5 heteroatoms. The van der Waals surface area contributed by atoms with Gasteiger partial charge in [0.15, 0.2) is 11.6 Å². The van der Waals surface area contributed by atoms with Gasteiger partial charge in [-0.25, -0.2) is 4.98 Å². The summed E-state index contributed by atoms with van der Waals surface area (Å²) in [6, 6.07) is 2.95. The molecule has 2 rings (SSSR count). The maximum Gasteiger partial charge on any atom is 0.229 e. The normalized spacial score (nSPS) is 21.6. The maximum absolute atomic E-state index is 11.4. The highest BCUT2D eigenvalue weighted by Crippen LogP contribution is 2.26. The van der Waals surface area contributed by atoms with Crippen molar-refractivity contribution in [2.24, 2.45) is 5.73 Å². The Bertz CT molecular complexity index is 367. The van der Waals surface area contributed by atoms with E-state index in [0.29, 0.717) is 18.8 Å². The first-order valence-electron chi connectivity index (χ1n) is 4.38. The van der Waals surface area contributed by atoms with Gasteiger partial charge in [-0.3, -0.25) is 9.69 Å². The van der Waals surface area contributed by atoms with Crippen molar-refractivity contribution >= 4 is 11.7 Å². The Labute approximate surface area is 81.2 Å².